The summed E-state index contributed by atoms with van der Waals surface area (Å²) in [5.74, 6) is 0.685. The summed E-state index contributed by atoms with van der Waals surface area (Å²) in [6.45, 7) is 6.31. The van der Waals surface area contributed by atoms with E-state index in [2.05, 4.69) is 16.9 Å². The molecule has 3 nitrogen and oxygen atoms in total. The molecule has 0 aliphatic heterocycles. The molecular formula is C13H13Cl2N3. The number of allylic oxidation sites excluding steroid dienone is 1. The first-order valence-corrected chi connectivity index (χ1v) is 6.22. The van der Waals surface area contributed by atoms with Gasteiger partial charge in [0.25, 0.3) is 0 Å². The Hall–Kier alpha value is -1.45. The quantitative estimate of drug-likeness (QED) is 0.841. The van der Waals surface area contributed by atoms with Gasteiger partial charge < -0.3 is 9.88 Å². The van der Waals surface area contributed by atoms with Gasteiger partial charge in [-0.1, -0.05) is 35.3 Å². The van der Waals surface area contributed by atoms with Gasteiger partial charge in [0, 0.05) is 18.9 Å². The first-order chi connectivity index (χ1) is 8.63. The average molecular weight is 282 g/mol. The van der Waals surface area contributed by atoms with Gasteiger partial charge in [0.2, 0.25) is 5.95 Å². The molecule has 2 aromatic rings. The molecule has 0 saturated carbocycles. The van der Waals surface area contributed by atoms with Crippen molar-refractivity contribution in [2.24, 2.45) is 0 Å². The Morgan fingerprint density at radius 3 is 2.94 bits per heavy atom. The van der Waals surface area contributed by atoms with Crippen molar-refractivity contribution in [1.82, 2.24) is 9.55 Å². The lowest BCUT2D eigenvalue weighted by atomic mass is 10.2. The molecule has 0 bridgehead atoms. The van der Waals surface area contributed by atoms with Crippen molar-refractivity contribution >= 4 is 34.8 Å². The van der Waals surface area contributed by atoms with E-state index in [1.165, 1.54) is 0 Å². The smallest absolute Gasteiger partial charge is 0.207 e. The van der Waals surface area contributed by atoms with Gasteiger partial charge in [-0.2, -0.15) is 0 Å². The third-order valence-electron chi connectivity index (χ3n) is 2.56. The summed E-state index contributed by atoms with van der Waals surface area (Å²) in [4.78, 5) is 4.23. The third-order valence-corrected chi connectivity index (χ3v) is 3.36. The van der Waals surface area contributed by atoms with Crippen molar-refractivity contribution in [3.63, 3.8) is 0 Å². The van der Waals surface area contributed by atoms with Gasteiger partial charge in [-0.25, -0.2) is 4.98 Å². The van der Waals surface area contributed by atoms with Gasteiger partial charge in [0.15, 0.2) is 0 Å². The van der Waals surface area contributed by atoms with Gasteiger partial charge >= 0.3 is 0 Å². The Morgan fingerprint density at radius 1 is 1.44 bits per heavy atom. The van der Waals surface area contributed by atoms with Crippen LogP contribution in [0.15, 0.2) is 37.2 Å². The Balaban J connectivity index is 2.36. The molecule has 0 fully saturated rings. The van der Waals surface area contributed by atoms with E-state index < -0.39 is 0 Å². The Labute approximate surface area is 116 Å². The average Bonchev–Trinajstić information content (AvgIpc) is 2.78. The summed E-state index contributed by atoms with van der Waals surface area (Å²) in [7, 11) is 0. The largest absolute Gasteiger partial charge is 0.323 e. The van der Waals surface area contributed by atoms with Crippen LogP contribution in [0, 0.1) is 6.92 Å². The molecule has 94 valence electrons. The molecule has 0 aliphatic carbocycles. The zero-order valence-corrected chi connectivity index (χ0v) is 11.5. The van der Waals surface area contributed by atoms with Crippen LogP contribution in [0.2, 0.25) is 10.0 Å². The number of nitrogens with one attached hydrogen (secondary N) is 1. The molecule has 1 heterocycles. The molecule has 0 amide bonds. The molecule has 1 aromatic carbocycles. The number of nitrogens with zero attached hydrogens (tertiary/aromatic N) is 2. The number of rotatable bonds is 4. The number of aryl methyl sites for hydroxylation is 1. The number of imidazole rings is 1. The van der Waals surface area contributed by atoms with Crippen LogP contribution in [-0.2, 0) is 6.54 Å². The molecule has 2 rings (SSSR count). The van der Waals surface area contributed by atoms with E-state index >= 15 is 0 Å². The highest BCUT2D eigenvalue weighted by Gasteiger charge is 2.11. The molecule has 1 aromatic heterocycles. The summed E-state index contributed by atoms with van der Waals surface area (Å²) < 4.78 is 1.92. The number of aromatic nitrogens is 2. The standard InChI is InChI=1S/C13H13Cl2N3/c1-3-7-18-8-6-16-13(18)17-12-10(14)5-4-9(2)11(12)15/h3-6,8H,1,7H2,2H3,(H,16,17). The third kappa shape index (κ3) is 2.52. The van der Waals surface area contributed by atoms with Crippen molar-refractivity contribution in [1.29, 1.82) is 0 Å². The lowest BCUT2D eigenvalue weighted by Gasteiger charge is -2.12. The molecule has 0 unspecified atom stereocenters. The second kappa shape index (κ2) is 5.46. The van der Waals surface area contributed by atoms with Crippen LogP contribution in [0.1, 0.15) is 5.56 Å². The molecule has 0 radical (unpaired) electrons. The SMILES string of the molecule is C=CCn1ccnc1Nc1c(Cl)ccc(C)c1Cl. The van der Waals surface area contributed by atoms with Gasteiger partial charge in [-0.15, -0.1) is 6.58 Å². The summed E-state index contributed by atoms with van der Waals surface area (Å²) in [6, 6.07) is 3.69. The second-order valence-electron chi connectivity index (χ2n) is 3.87. The Bertz CT molecular complexity index is 576. The number of hydrogen-bond donors (Lipinski definition) is 1. The molecule has 0 spiro atoms. The van der Waals surface area contributed by atoms with Crippen LogP contribution in [0.3, 0.4) is 0 Å². The highest BCUT2D eigenvalue weighted by Crippen LogP contribution is 2.34. The van der Waals surface area contributed by atoms with Crippen LogP contribution in [0.5, 0.6) is 0 Å². The van der Waals surface area contributed by atoms with Crippen molar-refractivity contribution in [2.45, 2.75) is 13.5 Å². The van der Waals surface area contributed by atoms with Crippen LogP contribution in [-0.4, -0.2) is 9.55 Å². The normalized spacial score (nSPS) is 10.4. The summed E-state index contributed by atoms with van der Waals surface area (Å²) >= 11 is 12.4. The fourth-order valence-electron chi connectivity index (χ4n) is 1.60. The molecule has 0 atom stereocenters. The molecule has 0 saturated heterocycles. The minimum Gasteiger partial charge on any atom is -0.323 e. The summed E-state index contributed by atoms with van der Waals surface area (Å²) in [6.07, 6.45) is 5.37. The van der Waals surface area contributed by atoms with E-state index in [4.69, 9.17) is 23.2 Å². The van der Waals surface area contributed by atoms with Gasteiger partial charge in [-0.05, 0) is 18.6 Å². The monoisotopic (exact) mass is 281 g/mol. The molecular weight excluding hydrogens is 269 g/mol. The highest BCUT2D eigenvalue weighted by atomic mass is 35.5. The molecule has 18 heavy (non-hydrogen) atoms. The maximum Gasteiger partial charge on any atom is 0.207 e. The summed E-state index contributed by atoms with van der Waals surface area (Å²) in [5, 5.41) is 4.33. The van der Waals surface area contributed by atoms with E-state index in [9.17, 15) is 0 Å². The number of halogens is 2. The second-order valence-corrected chi connectivity index (χ2v) is 4.66. The van der Waals surface area contributed by atoms with Gasteiger partial charge in [-0.3, -0.25) is 0 Å². The van der Waals surface area contributed by atoms with Crippen molar-refractivity contribution in [2.75, 3.05) is 5.32 Å². The van der Waals surface area contributed by atoms with Crippen molar-refractivity contribution in [3.8, 4) is 0 Å². The van der Waals surface area contributed by atoms with Crippen molar-refractivity contribution < 1.29 is 0 Å². The van der Waals surface area contributed by atoms with Crippen LogP contribution in [0.25, 0.3) is 0 Å². The highest BCUT2D eigenvalue weighted by molar-refractivity contribution is 6.39. The zero-order valence-electron chi connectivity index (χ0n) is 9.95. The van der Waals surface area contributed by atoms with Gasteiger partial charge in [0.05, 0.1) is 15.7 Å². The lowest BCUT2D eigenvalue weighted by molar-refractivity contribution is 0.833. The topological polar surface area (TPSA) is 29.9 Å². The van der Waals surface area contributed by atoms with E-state index in [1.807, 2.05) is 29.8 Å². The minimum absolute atomic E-state index is 0.568. The molecule has 5 heteroatoms. The first kappa shape index (κ1) is 13.0. The van der Waals surface area contributed by atoms with E-state index in [1.54, 1.807) is 12.3 Å². The van der Waals surface area contributed by atoms with E-state index in [0.29, 0.717) is 28.2 Å². The van der Waals surface area contributed by atoms with Crippen LogP contribution < -0.4 is 5.32 Å². The predicted octanol–water partition coefficient (Wildman–Crippen LogP) is 4.43. The zero-order chi connectivity index (χ0) is 13.1. The minimum atomic E-state index is 0.568. The fraction of sp³-hybridized carbons (Fsp3) is 0.154. The number of hydrogen-bond acceptors (Lipinski definition) is 2. The van der Waals surface area contributed by atoms with Crippen molar-refractivity contribution in [3.05, 3.63) is 52.8 Å². The van der Waals surface area contributed by atoms with Gasteiger partial charge in [0.1, 0.15) is 0 Å². The lowest BCUT2D eigenvalue weighted by Crippen LogP contribution is -2.03. The van der Waals surface area contributed by atoms with Crippen LogP contribution in [0.4, 0.5) is 11.6 Å². The van der Waals surface area contributed by atoms with E-state index in [0.717, 1.165) is 5.56 Å². The maximum absolute atomic E-state index is 6.24. The van der Waals surface area contributed by atoms with Crippen LogP contribution >= 0.6 is 23.2 Å². The Morgan fingerprint density at radius 2 is 2.22 bits per heavy atom. The maximum atomic E-state index is 6.24. The number of anilines is 2. The Kier molecular flexibility index (Phi) is 3.94. The first-order valence-electron chi connectivity index (χ1n) is 5.47. The molecule has 0 aliphatic rings. The summed E-state index contributed by atoms with van der Waals surface area (Å²) in [5.41, 5.74) is 1.64. The number of benzene rings is 1. The predicted molar refractivity (Wildman–Crippen MR) is 76.9 cm³/mol. The van der Waals surface area contributed by atoms with E-state index in [-0.39, 0.29) is 0 Å². The fourth-order valence-corrected chi connectivity index (χ4v) is 2.07. The molecule has 1 N–H and O–H groups in total.